The molecule has 0 saturated heterocycles. The van der Waals surface area contributed by atoms with Gasteiger partial charge in [-0.1, -0.05) is 6.92 Å². The first kappa shape index (κ1) is 15.5. The number of aryl methyl sites for hydroxylation is 1. The van der Waals surface area contributed by atoms with Crippen molar-refractivity contribution in [3.63, 3.8) is 0 Å². The second kappa shape index (κ2) is 6.37. The average Bonchev–Trinajstić information content (AvgIpc) is 3.17. The van der Waals surface area contributed by atoms with Crippen molar-refractivity contribution < 1.29 is 9.21 Å². The summed E-state index contributed by atoms with van der Waals surface area (Å²) in [6.45, 7) is 2.39. The number of thiophene rings is 1. The summed E-state index contributed by atoms with van der Waals surface area (Å²) in [7, 11) is 0. The maximum atomic E-state index is 12.9. The van der Waals surface area contributed by atoms with Crippen LogP contribution in [0.15, 0.2) is 33.0 Å². The lowest BCUT2D eigenvalue weighted by Gasteiger charge is -2.11. The molecule has 3 rings (SSSR count). The van der Waals surface area contributed by atoms with Crippen LogP contribution in [0.25, 0.3) is 21.5 Å². The lowest BCUT2D eigenvalue weighted by Crippen LogP contribution is -2.25. The van der Waals surface area contributed by atoms with Gasteiger partial charge in [-0.25, -0.2) is 4.98 Å². The molecular weight excluding hydrogens is 314 g/mol. The molecule has 0 aromatic carbocycles. The zero-order chi connectivity index (χ0) is 16.4. The van der Waals surface area contributed by atoms with E-state index >= 15 is 0 Å². The lowest BCUT2D eigenvalue weighted by molar-refractivity contribution is -0.118. The topological polar surface area (TPSA) is 91.1 Å². The van der Waals surface area contributed by atoms with E-state index in [1.165, 1.54) is 11.3 Å². The molecule has 23 heavy (non-hydrogen) atoms. The van der Waals surface area contributed by atoms with Gasteiger partial charge in [-0.15, -0.1) is 11.3 Å². The number of furan rings is 1. The largest absolute Gasteiger partial charge is 0.464 e. The minimum Gasteiger partial charge on any atom is -0.464 e. The molecule has 0 spiro atoms. The van der Waals surface area contributed by atoms with E-state index in [1.807, 2.05) is 18.4 Å². The number of aromatic nitrogens is 2. The number of hydrogen-bond acceptors (Lipinski definition) is 5. The Morgan fingerprint density at radius 1 is 1.48 bits per heavy atom. The maximum absolute atomic E-state index is 12.9. The van der Waals surface area contributed by atoms with Gasteiger partial charge in [0.2, 0.25) is 5.91 Å². The molecule has 120 valence electrons. The van der Waals surface area contributed by atoms with Crippen LogP contribution in [-0.2, 0) is 17.8 Å². The van der Waals surface area contributed by atoms with Crippen LogP contribution >= 0.6 is 11.3 Å². The first-order chi connectivity index (χ1) is 11.1. The fraction of sp³-hybridized carbons (Fsp3) is 0.312. The van der Waals surface area contributed by atoms with Crippen LogP contribution in [0.3, 0.4) is 0 Å². The molecule has 3 heterocycles. The third-order valence-electron chi connectivity index (χ3n) is 3.68. The Bertz CT molecular complexity index is 893. The van der Waals surface area contributed by atoms with E-state index in [9.17, 15) is 9.59 Å². The molecule has 7 heteroatoms. The Balaban J connectivity index is 2.11. The maximum Gasteiger partial charge on any atom is 0.263 e. The Labute approximate surface area is 136 Å². The number of carbonyl (C=O) groups excluding carboxylic acids is 1. The zero-order valence-corrected chi connectivity index (χ0v) is 13.6. The minimum absolute atomic E-state index is 0.0935. The number of fused-ring (bicyclic) bond motifs is 1. The van der Waals surface area contributed by atoms with E-state index in [0.29, 0.717) is 35.4 Å². The lowest BCUT2D eigenvalue weighted by atomic mass is 10.2. The number of hydrogen-bond donors (Lipinski definition) is 1. The van der Waals surface area contributed by atoms with Gasteiger partial charge in [0.1, 0.15) is 16.4 Å². The van der Waals surface area contributed by atoms with Gasteiger partial charge >= 0.3 is 0 Å². The predicted molar refractivity (Wildman–Crippen MR) is 89.4 cm³/mol. The number of carbonyl (C=O) groups is 1. The highest BCUT2D eigenvalue weighted by Crippen LogP contribution is 2.31. The molecular formula is C16H17N3O3S. The quantitative estimate of drug-likeness (QED) is 0.751. The molecule has 0 fully saturated rings. The van der Waals surface area contributed by atoms with Gasteiger partial charge in [0.05, 0.1) is 11.6 Å². The first-order valence-corrected chi connectivity index (χ1v) is 8.33. The third kappa shape index (κ3) is 2.92. The number of rotatable bonds is 6. The van der Waals surface area contributed by atoms with Crippen molar-refractivity contribution in [3.8, 4) is 11.3 Å². The summed E-state index contributed by atoms with van der Waals surface area (Å²) in [5, 5.41) is 2.46. The molecule has 3 aromatic heterocycles. The van der Waals surface area contributed by atoms with Gasteiger partial charge in [-0.3, -0.25) is 14.2 Å². The van der Waals surface area contributed by atoms with Gasteiger partial charge in [0.15, 0.2) is 0 Å². The van der Waals surface area contributed by atoms with E-state index in [4.69, 9.17) is 10.2 Å². The second-order valence-corrected chi connectivity index (χ2v) is 6.07. The number of nitrogens with two attached hydrogens (primary N) is 1. The van der Waals surface area contributed by atoms with Crippen molar-refractivity contribution >= 4 is 27.5 Å². The van der Waals surface area contributed by atoms with Gasteiger partial charge in [0, 0.05) is 30.3 Å². The summed E-state index contributed by atoms with van der Waals surface area (Å²) in [6.07, 6.45) is 3.01. The zero-order valence-electron chi connectivity index (χ0n) is 12.7. The Kier molecular flexibility index (Phi) is 4.29. The number of nitrogens with zero attached hydrogens (tertiary/aromatic N) is 2. The monoisotopic (exact) mass is 331 g/mol. The van der Waals surface area contributed by atoms with Crippen molar-refractivity contribution in [2.45, 2.75) is 32.7 Å². The van der Waals surface area contributed by atoms with Crippen LogP contribution in [0.2, 0.25) is 0 Å². The van der Waals surface area contributed by atoms with Crippen molar-refractivity contribution in [1.82, 2.24) is 9.55 Å². The normalized spacial score (nSPS) is 11.2. The van der Waals surface area contributed by atoms with E-state index in [1.54, 1.807) is 16.9 Å². The van der Waals surface area contributed by atoms with Crippen LogP contribution in [0.5, 0.6) is 0 Å². The highest BCUT2D eigenvalue weighted by Gasteiger charge is 2.17. The van der Waals surface area contributed by atoms with Crippen LogP contribution in [0, 0.1) is 0 Å². The molecule has 0 bridgehead atoms. The molecule has 0 radical (unpaired) electrons. The third-order valence-corrected chi connectivity index (χ3v) is 4.55. The Morgan fingerprint density at radius 3 is 2.96 bits per heavy atom. The van der Waals surface area contributed by atoms with E-state index in [-0.39, 0.29) is 17.9 Å². The van der Waals surface area contributed by atoms with E-state index in [0.717, 1.165) is 11.4 Å². The standard InChI is InChI=1S/C16H17N3O3S/c1-2-13-18-15-14(10(9-23-15)11-5-4-8-22-11)16(21)19(13)7-3-6-12(17)20/h4-5,8-9H,2-3,6-7H2,1H3,(H2,17,20). The molecule has 2 N–H and O–H groups in total. The number of primary amides is 1. The molecule has 0 saturated carbocycles. The van der Waals surface area contributed by atoms with Crippen molar-refractivity contribution in [3.05, 3.63) is 40.0 Å². The summed E-state index contributed by atoms with van der Waals surface area (Å²) < 4.78 is 7.06. The van der Waals surface area contributed by atoms with Gasteiger partial charge < -0.3 is 10.2 Å². The van der Waals surface area contributed by atoms with Crippen LogP contribution < -0.4 is 11.3 Å². The highest BCUT2D eigenvalue weighted by atomic mass is 32.1. The van der Waals surface area contributed by atoms with E-state index < -0.39 is 0 Å². The smallest absolute Gasteiger partial charge is 0.263 e. The molecule has 0 aliphatic heterocycles. The van der Waals surface area contributed by atoms with Crippen LogP contribution in [0.1, 0.15) is 25.6 Å². The molecule has 1 amide bonds. The molecule has 0 atom stereocenters. The first-order valence-electron chi connectivity index (χ1n) is 7.45. The average molecular weight is 331 g/mol. The summed E-state index contributed by atoms with van der Waals surface area (Å²) in [4.78, 5) is 29.2. The fourth-order valence-corrected chi connectivity index (χ4v) is 3.53. The highest BCUT2D eigenvalue weighted by molar-refractivity contribution is 7.17. The molecule has 0 aliphatic rings. The number of amides is 1. The van der Waals surface area contributed by atoms with Crippen molar-refractivity contribution in [2.75, 3.05) is 0 Å². The van der Waals surface area contributed by atoms with Gasteiger partial charge in [-0.2, -0.15) is 0 Å². The van der Waals surface area contributed by atoms with Crippen molar-refractivity contribution in [1.29, 1.82) is 0 Å². The Hall–Kier alpha value is -2.41. The van der Waals surface area contributed by atoms with Crippen LogP contribution in [0.4, 0.5) is 0 Å². The fourth-order valence-electron chi connectivity index (χ4n) is 2.59. The second-order valence-electron chi connectivity index (χ2n) is 5.22. The SMILES string of the molecule is CCc1nc2scc(-c3ccco3)c2c(=O)n1CCCC(N)=O. The molecule has 0 aliphatic carbocycles. The summed E-state index contributed by atoms with van der Waals surface area (Å²) in [6, 6.07) is 3.62. The van der Waals surface area contributed by atoms with Crippen molar-refractivity contribution in [2.24, 2.45) is 5.73 Å². The Morgan fingerprint density at radius 2 is 2.30 bits per heavy atom. The summed E-state index contributed by atoms with van der Waals surface area (Å²) in [5.41, 5.74) is 5.84. The van der Waals surface area contributed by atoms with Gasteiger partial charge in [0.25, 0.3) is 5.56 Å². The molecule has 3 aromatic rings. The molecule has 6 nitrogen and oxygen atoms in total. The van der Waals surface area contributed by atoms with Gasteiger partial charge in [-0.05, 0) is 18.6 Å². The van der Waals surface area contributed by atoms with Crippen LogP contribution in [-0.4, -0.2) is 15.5 Å². The summed E-state index contributed by atoms with van der Waals surface area (Å²) >= 11 is 1.43. The van der Waals surface area contributed by atoms with E-state index in [2.05, 4.69) is 4.98 Å². The molecule has 0 unspecified atom stereocenters. The minimum atomic E-state index is -0.364. The predicted octanol–water partition coefficient (Wildman–Crippen LogP) is 2.55. The summed E-state index contributed by atoms with van der Waals surface area (Å²) in [5.74, 6) is 1.01.